The largest absolute Gasteiger partial charge is 0.466 e. The van der Waals surface area contributed by atoms with Crippen molar-refractivity contribution in [2.75, 3.05) is 54.8 Å². The number of halogens is 1. The van der Waals surface area contributed by atoms with E-state index in [1.54, 1.807) is 91.9 Å². The first-order valence-corrected chi connectivity index (χ1v) is 40.3. The van der Waals surface area contributed by atoms with Gasteiger partial charge in [-0.2, -0.15) is 15.8 Å². The highest BCUT2D eigenvalue weighted by molar-refractivity contribution is 8.14. The van der Waals surface area contributed by atoms with Crippen molar-refractivity contribution in [3.8, 4) is 18.2 Å². The molecule has 4 unspecified atom stereocenters. The minimum Gasteiger partial charge on any atom is -0.466 e. The fourth-order valence-corrected chi connectivity index (χ4v) is 15.3. The van der Waals surface area contributed by atoms with Gasteiger partial charge in [0, 0.05) is 90.9 Å². The number of carbonyl (C=O) groups is 2. The van der Waals surface area contributed by atoms with E-state index in [1.807, 2.05) is 12.1 Å². The van der Waals surface area contributed by atoms with Gasteiger partial charge in [0.05, 0.1) is 94.1 Å². The molecule has 2 heterocycles. The molecular formula is C73H102ClN9O19S3. The minimum atomic E-state index is -3.39. The van der Waals surface area contributed by atoms with Crippen molar-refractivity contribution in [2.45, 2.75) is 202 Å². The van der Waals surface area contributed by atoms with E-state index in [0.717, 1.165) is 110 Å². The normalized spacial score (nSPS) is 16.0. The number of non-ortho nitro benzene ring substituents is 2. The molecule has 10 rings (SSSR count). The highest BCUT2D eigenvalue weighted by atomic mass is 35.7. The van der Waals surface area contributed by atoms with Gasteiger partial charge in [0.25, 0.3) is 11.4 Å². The summed E-state index contributed by atoms with van der Waals surface area (Å²) in [7, 11) is -4.80. The number of ether oxygens (including phenoxy) is 3. The topological polar surface area (TPSA) is 479 Å². The van der Waals surface area contributed by atoms with Crippen molar-refractivity contribution in [3.63, 3.8) is 0 Å². The monoisotopic (exact) mass is 1540 g/mol. The molecule has 2 aliphatic heterocycles. The van der Waals surface area contributed by atoms with Crippen molar-refractivity contribution < 1.29 is 79.3 Å². The molecule has 3 saturated carbocycles. The maximum atomic E-state index is 12.4. The number of nitro groups is 2. The van der Waals surface area contributed by atoms with E-state index >= 15 is 0 Å². The van der Waals surface area contributed by atoms with Gasteiger partial charge < -0.3 is 46.1 Å². The summed E-state index contributed by atoms with van der Waals surface area (Å²) < 4.78 is 90.5. The van der Waals surface area contributed by atoms with Crippen LogP contribution in [0.15, 0.2) is 121 Å². The molecule has 10 N–H and O–H groups in total. The Kier molecular flexibility index (Phi) is 46.6. The Hall–Kier alpha value is -8.23. The van der Waals surface area contributed by atoms with Crippen molar-refractivity contribution in [1.29, 1.82) is 15.8 Å². The first kappa shape index (κ1) is 92.9. The van der Waals surface area contributed by atoms with Gasteiger partial charge in [-0.15, -0.1) is 0 Å². The van der Waals surface area contributed by atoms with Gasteiger partial charge in [0.2, 0.25) is 29.1 Å². The number of sulfonamides is 2. The van der Waals surface area contributed by atoms with Gasteiger partial charge >= 0.3 is 5.97 Å². The van der Waals surface area contributed by atoms with Gasteiger partial charge in [-0.25, -0.2) is 25.3 Å². The summed E-state index contributed by atoms with van der Waals surface area (Å²) in [5.74, 6) is -0.211. The van der Waals surface area contributed by atoms with Crippen LogP contribution in [0.25, 0.3) is 0 Å². The lowest BCUT2D eigenvalue weighted by molar-refractivity contribution is -0.385. The second-order valence-corrected chi connectivity index (χ2v) is 31.4. The van der Waals surface area contributed by atoms with Crippen LogP contribution in [0.3, 0.4) is 0 Å². The fourth-order valence-electron chi connectivity index (χ4n) is 10.7. The van der Waals surface area contributed by atoms with E-state index < -0.39 is 63.4 Å². The molecule has 0 spiro atoms. The summed E-state index contributed by atoms with van der Waals surface area (Å²) in [5, 5.41) is 83.4. The molecule has 32 heteroatoms. The van der Waals surface area contributed by atoms with Crippen molar-refractivity contribution in [3.05, 3.63) is 169 Å². The standard InChI is InChI=1S/C15H24N2O3S.C15H20N2O3S.C9H8N2O3.C9H10N2O.C7H5NO3.C6H11ClO2S.C4H8O2.2C4H8O/c2*16-10-9-15(18)12-5-4-6-13(11-12)17-21(19,20)14-7-2-1-3-8-14;10-5-4-9(12)7-2-1-3-8(6-7)11(13)14;10-5-4-9(12)7-2-1-3-8(11)6-7;9-5-6-2-1-3-7(4-6)8(10)11;7-10(8,9)6-4-2-1-3-5-6;1-3-6-4(2)5;2*1-2-4-5-3-1/h4-6,11,14-15,17-18H,1-3,7-10,16H2;4-6,11,14-15,17-18H,1-3,7-9H2;1-3,6,9,12H,4H2;1-3,6,9,12H,4,11H2;1-5H;6H,1-5H2;3H2,1-2H3;2*1-4H2. The van der Waals surface area contributed by atoms with E-state index in [2.05, 4.69) is 14.2 Å². The number of aliphatic hydroxyl groups excluding tert-OH is 4. The molecule has 4 atom stereocenters. The van der Waals surface area contributed by atoms with E-state index in [0.29, 0.717) is 83.6 Å². The number of aldehydes is 1. The third-order valence-electron chi connectivity index (χ3n) is 16.3. The van der Waals surface area contributed by atoms with Crippen LogP contribution in [-0.2, 0) is 48.1 Å². The lowest BCUT2D eigenvalue weighted by Gasteiger charge is -2.22. The number of benzene rings is 5. The number of nitrogen functional groups attached to an aromatic ring is 1. The number of nitro benzene ring substituents is 2. The Morgan fingerprint density at radius 1 is 0.562 bits per heavy atom. The average Bonchev–Trinajstić information content (AvgIpc) is 1.80. The Labute approximate surface area is 621 Å². The van der Waals surface area contributed by atoms with E-state index in [1.165, 1.54) is 75.1 Å². The summed E-state index contributed by atoms with van der Waals surface area (Å²) in [4.78, 5) is 39.5. The number of hydrogen-bond acceptors (Lipinski definition) is 24. The lowest BCUT2D eigenvalue weighted by atomic mass is 10.0. The van der Waals surface area contributed by atoms with Gasteiger partial charge in [0.15, 0.2) is 0 Å². The maximum Gasteiger partial charge on any atom is 0.302 e. The van der Waals surface area contributed by atoms with E-state index in [9.17, 15) is 75.5 Å². The molecule has 105 heavy (non-hydrogen) atoms. The SMILES string of the molecule is C1CCOC1.C1CCOC1.CCOC(C)=O.N#CCC(O)c1cccc(N)c1.N#CCC(O)c1cccc(NS(=O)(=O)C2CCCCC2)c1.N#CCC(O)c1cccc([N+](=O)[O-])c1.NCCC(O)c1cccc(NS(=O)(=O)C2CCCCC2)c1.O=Cc1cccc([N+](=O)[O-])c1.O=S(=O)(Cl)C1CCCCC1. The molecule has 2 saturated heterocycles. The van der Waals surface area contributed by atoms with E-state index in [-0.39, 0.29) is 52.4 Å². The highest BCUT2D eigenvalue weighted by Crippen LogP contribution is 2.30. The first-order chi connectivity index (χ1) is 50.0. The predicted octanol–water partition coefficient (Wildman–Crippen LogP) is 13.1. The molecule has 5 aromatic carbocycles. The third-order valence-corrected chi connectivity index (χ3v) is 22.0. The second-order valence-electron chi connectivity index (χ2n) is 24.6. The summed E-state index contributed by atoms with van der Waals surface area (Å²) in [6, 6.07) is 37.2. The molecule has 578 valence electrons. The van der Waals surface area contributed by atoms with Crippen LogP contribution in [0.2, 0.25) is 0 Å². The van der Waals surface area contributed by atoms with Gasteiger partial charge in [-0.05, 0) is 143 Å². The van der Waals surface area contributed by atoms with Crippen LogP contribution in [0.4, 0.5) is 28.4 Å². The van der Waals surface area contributed by atoms with Crippen LogP contribution in [0.1, 0.15) is 219 Å². The maximum absolute atomic E-state index is 12.4. The van der Waals surface area contributed by atoms with Crippen molar-refractivity contribution in [1.82, 2.24) is 0 Å². The molecule has 28 nitrogen and oxygen atoms in total. The van der Waals surface area contributed by atoms with Gasteiger partial charge in [-0.3, -0.25) is 39.3 Å². The van der Waals surface area contributed by atoms with Crippen molar-refractivity contribution in [2.24, 2.45) is 5.73 Å². The quantitative estimate of drug-likeness (QED) is 0.00896. The van der Waals surface area contributed by atoms with Gasteiger partial charge in [-0.1, -0.05) is 118 Å². The molecule has 0 bridgehead atoms. The summed E-state index contributed by atoms with van der Waals surface area (Å²) >= 11 is 0. The number of anilines is 3. The molecule has 3 aliphatic carbocycles. The molecule has 5 aromatic rings. The Morgan fingerprint density at radius 2 is 0.914 bits per heavy atom. The fraction of sp³-hybridized carbons (Fsp3) is 0.521. The van der Waals surface area contributed by atoms with Crippen LogP contribution >= 0.6 is 10.7 Å². The summed E-state index contributed by atoms with van der Waals surface area (Å²) in [6.45, 7) is 8.04. The number of aliphatic hydroxyl groups is 4. The van der Waals surface area contributed by atoms with E-state index in [4.69, 9.17) is 47.4 Å². The number of esters is 1. The molecule has 0 radical (unpaired) electrons. The molecule has 0 amide bonds. The number of rotatable bonds is 20. The zero-order valence-corrected chi connectivity index (χ0v) is 62.8. The number of nitrogens with two attached hydrogens (primary N) is 2. The Morgan fingerprint density at radius 3 is 1.23 bits per heavy atom. The molecule has 5 aliphatic rings. The zero-order valence-electron chi connectivity index (χ0n) is 59.6. The van der Waals surface area contributed by atoms with Crippen LogP contribution < -0.4 is 20.9 Å². The predicted molar refractivity (Wildman–Crippen MR) is 402 cm³/mol. The number of nitriles is 3. The Balaban J connectivity index is 0.000000417. The molecule has 5 fully saturated rings. The van der Waals surface area contributed by atoms with Crippen LogP contribution in [0.5, 0.6) is 0 Å². The minimum absolute atomic E-state index is 0.0151. The smallest absolute Gasteiger partial charge is 0.302 e. The first-order valence-electron chi connectivity index (χ1n) is 34.8. The number of hydrogen-bond donors (Lipinski definition) is 8. The summed E-state index contributed by atoms with van der Waals surface area (Å²) in [6.07, 6.45) is 16.5. The highest BCUT2D eigenvalue weighted by Gasteiger charge is 2.29. The summed E-state index contributed by atoms with van der Waals surface area (Å²) in [5.41, 5.74) is 15.0. The number of nitrogens with zero attached hydrogens (tertiary/aromatic N) is 5. The second kappa shape index (κ2) is 52.7. The zero-order chi connectivity index (χ0) is 78.1. The number of nitrogens with one attached hydrogen (secondary N) is 2. The van der Waals surface area contributed by atoms with Gasteiger partial charge in [0.1, 0.15) is 6.29 Å². The molecular weight excluding hydrogens is 1440 g/mol. The molecule has 0 aromatic heterocycles. The van der Waals surface area contributed by atoms with Crippen LogP contribution in [-0.4, -0.2) is 123 Å². The Bertz CT molecular complexity index is 3830. The van der Waals surface area contributed by atoms with Crippen molar-refractivity contribution >= 4 is 80.5 Å². The lowest BCUT2D eigenvalue weighted by Crippen LogP contribution is -2.29. The van der Waals surface area contributed by atoms with Crippen LogP contribution in [0, 0.1) is 54.2 Å². The third kappa shape index (κ3) is 40.2. The average molecular weight is 1540 g/mol. The number of carbonyl (C=O) groups excluding carboxylic acids is 2.